The van der Waals surface area contributed by atoms with E-state index in [0.717, 1.165) is 29.7 Å². The van der Waals surface area contributed by atoms with Gasteiger partial charge in [0, 0.05) is 24.4 Å². The Labute approximate surface area is 180 Å². The van der Waals surface area contributed by atoms with Crippen molar-refractivity contribution < 1.29 is 14.2 Å². The number of benzene rings is 1. The van der Waals surface area contributed by atoms with Crippen LogP contribution in [0.1, 0.15) is 42.7 Å². The molecule has 31 heavy (non-hydrogen) atoms. The summed E-state index contributed by atoms with van der Waals surface area (Å²) in [5.74, 6) is 1.84. The minimum absolute atomic E-state index is 0.110. The minimum atomic E-state index is -0.321. The van der Waals surface area contributed by atoms with Gasteiger partial charge in [-0.15, -0.1) is 5.10 Å². The molecule has 0 amide bonds. The number of rotatable bonds is 0. The third-order valence-electron chi connectivity index (χ3n) is 5.89. The summed E-state index contributed by atoms with van der Waals surface area (Å²) in [4.78, 5) is 4.31. The molecule has 8 heteroatoms. The molecule has 0 spiro atoms. The summed E-state index contributed by atoms with van der Waals surface area (Å²) in [6.07, 6.45) is 2.75. The van der Waals surface area contributed by atoms with Crippen molar-refractivity contribution in [3.63, 3.8) is 0 Å². The first-order chi connectivity index (χ1) is 14.9. The number of hydrogen-bond acceptors (Lipinski definition) is 7. The number of fused-ring (bicyclic) bond motifs is 6. The van der Waals surface area contributed by atoms with Crippen LogP contribution in [-0.2, 0) is 7.05 Å². The fraction of sp³-hybridized carbons (Fsp3) is 0.348. The van der Waals surface area contributed by atoms with Crippen molar-refractivity contribution in [2.45, 2.75) is 45.0 Å². The van der Waals surface area contributed by atoms with Crippen molar-refractivity contribution in [2.24, 2.45) is 7.05 Å². The van der Waals surface area contributed by atoms with Gasteiger partial charge >= 0.3 is 0 Å². The van der Waals surface area contributed by atoms with Crippen LogP contribution in [0.4, 0.5) is 5.82 Å². The second kappa shape index (κ2) is 7.20. The maximum atomic E-state index is 9.73. The molecule has 1 saturated carbocycles. The Hall–Kier alpha value is -3.73. The van der Waals surface area contributed by atoms with Crippen molar-refractivity contribution in [3.8, 4) is 34.6 Å². The number of ether oxygens (including phenoxy) is 3. The first-order valence-corrected chi connectivity index (χ1v) is 10.3. The predicted molar refractivity (Wildman–Crippen MR) is 114 cm³/mol. The molecule has 5 rings (SSSR count). The molecule has 0 radical (unpaired) electrons. The highest BCUT2D eigenvalue weighted by molar-refractivity contribution is 5.76. The van der Waals surface area contributed by atoms with Gasteiger partial charge in [-0.2, -0.15) is 5.26 Å². The largest absolute Gasteiger partial charge is 0.486 e. The highest BCUT2D eigenvalue weighted by Gasteiger charge is 2.37. The lowest BCUT2D eigenvalue weighted by Gasteiger charge is -2.36. The number of aromatic nitrogens is 3. The number of pyridine rings is 1. The molecular formula is C23H23N5O3. The van der Waals surface area contributed by atoms with Gasteiger partial charge in [0.15, 0.2) is 11.6 Å². The van der Waals surface area contributed by atoms with Crippen molar-refractivity contribution in [1.82, 2.24) is 14.8 Å². The fourth-order valence-electron chi connectivity index (χ4n) is 4.02. The zero-order valence-electron chi connectivity index (χ0n) is 17.6. The summed E-state index contributed by atoms with van der Waals surface area (Å²) in [6, 6.07) is 10.1. The molecule has 3 heterocycles. The van der Waals surface area contributed by atoms with E-state index in [1.807, 2.05) is 26.0 Å². The number of nitrogens with two attached hydrogens (primary N) is 1. The maximum absolute atomic E-state index is 9.73. The molecule has 2 aliphatic rings. The normalized spacial score (nSPS) is 21.7. The molecule has 1 aliphatic heterocycles. The molecule has 2 N–H and O–H groups in total. The molecule has 0 saturated heterocycles. The van der Waals surface area contributed by atoms with Crippen LogP contribution in [0.15, 0.2) is 30.5 Å². The van der Waals surface area contributed by atoms with Gasteiger partial charge in [0.05, 0.1) is 5.56 Å². The Bertz CT molecular complexity index is 1210. The fourth-order valence-corrected chi connectivity index (χ4v) is 4.02. The van der Waals surface area contributed by atoms with E-state index in [1.165, 1.54) is 4.68 Å². The van der Waals surface area contributed by atoms with Gasteiger partial charge in [0.2, 0.25) is 5.88 Å². The lowest BCUT2D eigenvalue weighted by Crippen LogP contribution is -2.45. The van der Waals surface area contributed by atoms with Crippen molar-refractivity contribution in [2.75, 3.05) is 5.73 Å². The third kappa shape index (κ3) is 3.22. The number of hydrogen-bond donors (Lipinski definition) is 1. The summed E-state index contributed by atoms with van der Waals surface area (Å²) in [5.41, 5.74) is 9.79. The van der Waals surface area contributed by atoms with Gasteiger partial charge in [-0.3, -0.25) is 4.68 Å². The van der Waals surface area contributed by atoms with E-state index < -0.39 is 0 Å². The smallest absolute Gasteiger partial charge is 0.242 e. The summed E-state index contributed by atoms with van der Waals surface area (Å²) in [7, 11) is 1.72. The van der Waals surface area contributed by atoms with Crippen molar-refractivity contribution >= 4 is 5.82 Å². The first kappa shape index (κ1) is 19.2. The SMILES string of the molecule is Cc1ccc2c(c1)[C@@H](C)Oc1cc(cnc1N)-c1c(nn(C)c1C#N)OC1CCC1O2. The average molecular weight is 417 g/mol. The van der Waals surface area contributed by atoms with Crippen LogP contribution in [-0.4, -0.2) is 27.0 Å². The lowest BCUT2D eigenvalue weighted by molar-refractivity contribution is -0.0230. The van der Waals surface area contributed by atoms with E-state index in [0.29, 0.717) is 28.5 Å². The first-order valence-electron chi connectivity index (χ1n) is 10.3. The Balaban J connectivity index is 1.69. The third-order valence-corrected chi connectivity index (χ3v) is 5.89. The van der Waals surface area contributed by atoms with Crippen LogP contribution in [0.3, 0.4) is 0 Å². The van der Waals surface area contributed by atoms with Crippen LogP contribution in [0.25, 0.3) is 11.1 Å². The van der Waals surface area contributed by atoms with E-state index >= 15 is 0 Å². The lowest BCUT2D eigenvalue weighted by atomic mass is 9.91. The zero-order valence-corrected chi connectivity index (χ0v) is 17.6. The highest BCUT2D eigenvalue weighted by Crippen LogP contribution is 2.41. The molecule has 3 aromatic rings. The Morgan fingerprint density at radius 2 is 1.90 bits per heavy atom. The van der Waals surface area contributed by atoms with Gasteiger partial charge < -0.3 is 19.9 Å². The number of nitriles is 1. The monoisotopic (exact) mass is 417 g/mol. The van der Waals surface area contributed by atoms with E-state index in [2.05, 4.69) is 22.2 Å². The molecule has 2 unspecified atom stereocenters. The standard InChI is InChI=1S/C23H23N5O3/c1-12-4-5-17-15(8-12)13(2)29-20-9-14(11-26-22(20)25)21-16(10-24)28(3)27-23(21)31-19-7-6-18(19)30-17/h4-5,8-9,11,13,18-19H,6-7H2,1-3H3,(H2,25,26)/t13-,18?,19?/m1/s1. The van der Waals surface area contributed by atoms with E-state index in [4.69, 9.17) is 19.9 Å². The van der Waals surface area contributed by atoms with Gasteiger partial charge in [-0.05, 0) is 44.9 Å². The van der Waals surface area contributed by atoms with E-state index in [1.54, 1.807) is 19.3 Å². The molecule has 1 aliphatic carbocycles. The summed E-state index contributed by atoms with van der Waals surface area (Å²) < 4.78 is 20.4. The van der Waals surface area contributed by atoms with Crippen molar-refractivity contribution in [3.05, 3.63) is 47.3 Å². The van der Waals surface area contributed by atoms with Crippen LogP contribution in [0, 0.1) is 18.3 Å². The van der Waals surface area contributed by atoms with Gasteiger partial charge in [-0.1, -0.05) is 11.6 Å². The molecule has 1 aromatic carbocycles. The van der Waals surface area contributed by atoms with Crippen LogP contribution in [0.2, 0.25) is 0 Å². The van der Waals surface area contributed by atoms with E-state index in [-0.39, 0.29) is 24.1 Å². The maximum Gasteiger partial charge on any atom is 0.242 e. The summed E-state index contributed by atoms with van der Waals surface area (Å²) in [5, 5.41) is 14.2. The molecule has 2 bridgehead atoms. The van der Waals surface area contributed by atoms with Crippen molar-refractivity contribution in [1.29, 1.82) is 5.26 Å². The summed E-state index contributed by atoms with van der Waals surface area (Å²) >= 11 is 0. The van der Waals surface area contributed by atoms with Crippen LogP contribution in [0.5, 0.6) is 17.4 Å². The van der Waals surface area contributed by atoms with E-state index in [9.17, 15) is 5.26 Å². The Morgan fingerprint density at radius 1 is 1.13 bits per heavy atom. The van der Waals surface area contributed by atoms with Gasteiger partial charge in [0.1, 0.15) is 35.8 Å². The molecule has 8 nitrogen and oxygen atoms in total. The second-order valence-electron chi connectivity index (χ2n) is 8.06. The number of nitrogens with zero attached hydrogens (tertiary/aromatic N) is 4. The highest BCUT2D eigenvalue weighted by atomic mass is 16.6. The number of anilines is 1. The molecule has 1 fully saturated rings. The zero-order chi connectivity index (χ0) is 21.7. The van der Waals surface area contributed by atoms with Crippen LogP contribution < -0.4 is 19.9 Å². The topological polar surface area (TPSA) is 108 Å². The van der Waals surface area contributed by atoms with Gasteiger partial charge in [-0.25, -0.2) is 4.98 Å². The minimum Gasteiger partial charge on any atom is -0.486 e. The molecule has 3 atom stereocenters. The van der Waals surface area contributed by atoms with Gasteiger partial charge in [0.25, 0.3) is 0 Å². The second-order valence-corrected chi connectivity index (χ2v) is 8.06. The Kier molecular flexibility index (Phi) is 4.47. The molecular weight excluding hydrogens is 394 g/mol. The molecule has 2 aromatic heterocycles. The predicted octanol–water partition coefficient (Wildman–Crippen LogP) is 3.69. The Morgan fingerprint density at radius 3 is 2.65 bits per heavy atom. The number of nitrogen functional groups attached to an aromatic ring is 1. The average Bonchev–Trinajstić information content (AvgIpc) is 3.06. The summed E-state index contributed by atoms with van der Waals surface area (Å²) in [6.45, 7) is 3.99. The number of aryl methyl sites for hydroxylation is 2. The quantitative estimate of drug-likeness (QED) is 0.594. The molecule has 158 valence electrons. The van der Waals surface area contributed by atoms with Crippen LogP contribution >= 0.6 is 0 Å².